The smallest absolute Gasteiger partial charge is 0.349 e. The van der Waals surface area contributed by atoms with Gasteiger partial charge in [-0.3, -0.25) is 4.79 Å². The molecule has 7 nitrogen and oxygen atoms in total. The van der Waals surface area contributed by atoms with Gasteiger partial charge in [0.1, 0.15) is 9.77 Å². The van der Waals surface area contributed by atoms with Crippen molar-refractivity contribution in [2.75, 3.05) is 13.7 Å². The zero-order valence-electron chi connectivity index (χ0n) is 10.3. The van der Waals surface area contributed by atoms with Crippen molar-refractivity contribution in [1.29, 1.82) is 0 Å². The van der Waals surface area contributed by atoms with Crippen LogP contribution in [0.5, 0.6) is 0 Å². The maximum Gasteiger partial charge on any atom is 0.349 e. The second-order valence-corrected chi connectivity index (χ2v) is 6.19. The molecule has 1 aromatic rings. The van der Waals surface area contributed by atoms with E-state index in [0.717, 1.165) is 18.4 Å². The molecule has 0 spiro atoms. The third kappa shape index (κ3) is 3.75. The van der Waals surface area contributed by atoms with E-state index in [1.54, 1.807) is 6.92 Å². The summed E-state index contributed by atoms with van der Waals surface area (Å²) in [6, 6.07) is 0. The summed E-state index contributed by atoms with van der Waals surface area (Å²) in [6.45, 7) is 1.31. The highest BCUT2D eigenvalue weighted by Gasteiger charge is 2.27. The largest absolute Gasteiger partial charge is 0.481 e. The van der Waals surface area contributed by atoms with Gasteiger partial charge in [-0.2, -0.15) is 0 Å². The standard InChI is InChI=1S/C10H13NO6S2/c1-6-5-18-8(10(14)17-2)9(6)19(15,16)11-4-3-7(12)13/h5,11H,3-4H2,1-2H3,(H,12,13). The molecule has 0 unspecified atom stereocenters. The van der Waals surface area contributed by atoms with Crippen molar-refractivity contribution in [2.45, 2.75) is 18.2 Å². The SMILES string of the molecule is COC(=O)c1scc(C)c1S(=O)(=O)NCCC(=O)O. The fourth-order valence-electron chi connectivity index (χ4n) is 1.37. The summed E-state index contributed by atoms with van der Waals surface area (Å²) < 4.78 is 30.7. The number of carbonyl (C=O) groups is 2. The van der Waals surface area contributed by atoms with Gasteiger partial charge in [-0.15, -0.1) is 11.3 Å². The molecule has 0 saturated carbocycles. The highest BCUT2D eigenvalue weighted by Crippen LogP contribution is 2.27. The average molecular weight is 307 g/mol. The molecule has 2 N–H and O–H groups in total. The predicted molar refractivity (Wildman–Crippen MR) is 67.8 cm³/mol. The number of methoxy groups -OCH3 is 1. The van der Waals surface area contributed by atoms with Crippen molar-refractivity contribution < 1.29 is 27.9 Å². The number of carbonyl (C=O) groups excluding carboxylic acids is 1. The van der Waals surface area contributed by atoms with E-state index in [1.165, 1.54) is 5.38 Å². The van der Waals surface area contributed by atoms with Crippen LogP contribution in [-0.2, 0) is 19.6 Å². The fraction of sp³-hybridized carbons (Fsp3) is 0.400. The van der Waals surface area contributed by atoms with Gasteiger partial charge < -0.3 is 9.84 Å². The van der Waals surface area contributed by atoms with Crippen LogP contribution < -0.4 is 4.72 Å². The summed E-state index contributed by atoms with van der Waals surface area (Å²) in [5, 5.41) is 10.00. The molecule has 1 rings (SSSR count). The molecule has 0 atom stereocenters. The van der Waals surface area contributed by atoms with Crippen molar-refractivity contribution in [3.8, 4) is 0 Å². The number of carboxylic acids is 1. The Morgan fingerprint density at radius 3 is 2.63 bits per heavy atom. The number of nitrogens with one attached hydrogen (secondary N) is 1. The first-order chi connectivity index (χ1) is 8.79. The Kier molecular flexibility index (Phi) is 5.04. The zero-order chi connectivity index (χ0) is 14.6. The molecule has 0 radical (unpaired) electrons. The van der Waals surface area contributed by atoms with Gasteiger partial charge in [0.15, 0.2) is 0 Å². The summed E-state index contributed by atoms with van der Waals surface area (Å²) >= 11 is 0.965. The highest BCUT2D eigenvalue weighted by molar-refractivity contribution is 7.89. The van der Waals surface area contributed by atoms with E-state index in [2.05, 4.69) is 9.46 Å². The van der Waals surface area contributed by atoms with Crippen LogP contribution >= 0.6 is 11.3 Å². The second-order valence-electron chi connectivity index (χ2n) is 3.61. The average Bonchev–Trinajstić information content (AvgIpc) is 2.70. The maximum atomic E-state index is 12.0. The van der Waals surface area contributed by atoms with Crippen LogP contribution in [0.4, 0.5) is 0 Å². The molecular formula is C10H13NO6S2. The van der Waals surface area contributed by atoms with Crippen LogP contribution in [0.15, 0.2) is 10.3 Å². The van der Waals surface area contributed by atoms with Crippen molar-refractivity contribution >= 4 is 33.3 Å². The van der Waals surface area contributed by atoms with E-state index in [-0.39, 0.29) is 22.7 Å². The van der Waals surface area contributed by atoms with Gasteiger partial charge >= 0.3 is 11.9 Å². The van der Waals surface area contributed by atoms with Crippen LogP contribution in [0.1, 0.15) is 21.7 Å². The summed E-state index contributed by atoms with van der Waals surface area (Å²) in [5.41, 5.74) is 0.410. The van der Waals surface area contributed by atoms with Crippen LogP contribution in [0.2, 0.25) is 0 Å². The lowest BCUT2D eigenvalue weighted by molar-refractivity contribution is -0.136. The highest BCUT2D eigenvalue weighted by atomic mass is 32.2. The number of aryl methyl sites for hydroxylation is 1. The van der Waals surface area contributed by atoms with Gasteiger partial charge in [0, 0.05) is 6.54 Å². The van der Waals surface area contributed by atoms with Crippen LogP contribution in [0, 0.1) is 6.92 Å². The summed E-state index contributed by atoms with van der Waals surface area (Å²) in [7, 11) is -2.77. The molecule has 0 bridgehead atoms. The number of esters is 1. The number of rotatable bonds is 6. The number of sulfonamides is 1. The van der Waals surface area contributed by atoms with Gasteiger partial charge in [-0.1, -0.05) is 0 Å². The van der Waals surface area contributed by atoms with Crippen molar-refractivity contribution in [1.82, 2.24) is 4.72 Å². The lowest BCUT2D eigenvalue weighted by Gasteiger charge is -2.07. The second kappa shape index (κ2) is 6.13. The normalized spacial score (nSPS) is 11.3. The maximum absolute atomic E-state index is 12.0. The Morgan fingerprint density at radius 2 is 2.11 bits per heavy atom. The van der Waals surface area contributed by atoms with E-state index in [0.29, 0.717) is 5.56 Å². The van der Waals surface area contributed by atoms with E-state index in [1.807, 2.05) is 0 Å². The van der Waals surface area contributed by atoms with Gasteiger partial charge in [0.25, 0.3) is 0 Å². The number of hydrogen-bond donors (Lipinski definition) is 2. The van der Waals surface area contributed by atoms with E-state index >= 15 is 0 Å². The molecule has 1 heterocycles. The lowest BCUT2D eigenvalue weighted by atomic mass is 10.3. The van der Waals surface area contributed by atoms with Gasteiger partial charge in [-0.05, 0) is 17.9 Å². The molecule has 106 valence electrons. The Morgan fingerprint density at radius 1 is 1.47 bits per heavy atom. The third-order valence-corrected chi connectivity index (χ3v) is 5.04. The first-order valence-corrected chi connectivity index (χ1v) is 7.53. The van der Waals surface area contributed by atoms with Crippen LogP contribution in [0.3, 0.4) is 0 Å². The number of thiophene rings is 1. The molecule has 19 heavy (non-hydrogen) atoms. The van der Waals surface area contributed by atoms with E-state index in [4.69, 9.17) is 5.11 Å². The molecule has 0 aliphatic heterocycles. The molecule has 0 aromatic carbocycles. The minimum absolute atomic E-state index is 0.0252. The number of carboxylic acid groups (broad SMARTS) is 1. The van der Waals surface area contributed by atoms with Gasteiger partial charge in [-0.25, -0.2) is 17.9 Å². The minimum Gasteiger partial charge on any atom is -0.481 e. The van der Waals surface area contributed by atoms with Crippen LogP contribution in [-0.4, -0.2) is 39.1 Å². The summed E-state index contributed by atoms with van der Waals surface area (Å²) in [6.07, 6.45) is -0.337. The van der Waals surface area contributed by atoms with Crippen molar-refractivity contribution in [3.05, 3.63) is 15.8 Å². The Hall–Kier alpha value is -1.45. The van der Waals surface area contributed by atoms with Gasteiger partial charge in [0.05, 0.1) is 13.5 Å². The van der Waals surface area contributed by atoms with E-state index < -0.39 is 22.0 Å². The Labute approximate surface area is 114 Å². The fourth-order valence-corrected chi connectivity index (χ4v) is 4.10. The molecular weight excluding hydrogens is 294 g/mol. The van der Waals surface area contributed by atoms with Crippen LogP contribution in [0.25, 0.3) is 0 Å². The van der Waals surface area contributed by atoms with Crippen molar-refractivity contribution in [2.24, 2.45) is 0 Å². The molecule has 0 fully saturated rings. The third-order valence-electron chi connectivity index (χ3n) is 2.19. The minimum atomic E-state index is -3.93. The number of hydrogen-bond acceptors (Lipinski definition) is 6. The topological polar surface area (TPSA) is 110 Å². The molecule has 0 aliphatic carbocycles. The molecule has 1 aromatic heterocycles. The summed E-state index contributed by atoms with van der Waals surface area (Å²) in [4.78, 5) is 21.6. The lowest BCUT2D eigenvalue weighted by Crippen LogP contribution is -2.27. The first kappa shape index (κ1) is 15.6. The van der Waals surface area contributed by atoms with Gasteiger partial charge in [0.2, 0.25) is 10.0 Å². The number of aliphatic carboxylic acids is 1. The first-order valence-electron chi connectivity index (χ1n) is 5.17. The monoisotopic (exact) mass is 307 g/mol. The molecule has 9 heteroatoms. The van der Waals surface area contributed by atoms with E-state index in [9.17, 15) is 18.0 Å². The zero-order valence-corrected chi connectivity index (χ0v) is 11.9. The Bertz CT molecular complexity index is 589. The number of ether oxygens (including phenoxy) is 1. The molecule has 0 aliphatic rings. The Balaban J connectivity index is 3.04. The molecule has 0 saturated heterocycles. The summed E-state index contributed by atoms with van der Waals surface area (Å²) in [5.74, 6) is -1.85. The predicted octanol–water partition coefficient (Wildman–Crippen LogP) is 0.596. The molecule has 0 amide bonds. The van der Waals surface area contributed by atoms with Crippen molar-refractivity contribution in [3.63, 3.8) is 0 Å². The quantitative estimate of drug-likeness (QED) is 0.745.